The summed E-state index contributed by atoms with van der Waals surface area (Å²) in [6.07, 6.45) is 4.23. The van der Waals surface area contributed by atoms with Gasteiger partial charge in [0.2, 0.25) is 0 Å². The first-order chi connectivity index (χ1) is 12.7. The molecule has 5 nitrogen and oxygen atoms in total. The molecule has 26 heavy (non-hydrogen) atoms. The Bertz CT molecular complexity index is 910. The van der Waals surface area contributed by atoms with Crippen LogP contribution in [0.3, 0.4) is 0 Å². The van der Waals surface area contributed by atoms with E-state index in [1.807, 2.05) is 29.2 Å². The molecule has 0 aliphatic carbocycles. The van der Waals surface area contributed by atoms with Crippen LogP contribution in [-0.4, -0.2) is 32.5 Å². The molecule has 2 heterocycles. The van der Waals surface area contributed by atoms with Crippen LogP contribution in [0.4, 0.5) is 4.39 Å². The van der Waals surface area contributed by atoms with Gasteiger partial charge in [0.15, 0.2) is 5.82 Å². The summed E-state index contributed by atoms with van der Waals surface area (Å²) in [6, 6.07) is 13.8. The molecular weight excluding hydrogens is 331 g/mol. The number of amides is 1. The highest BCUT2D eigenvalue weighted by molar-refractivity contribution is 6.00. The predicted octanol–water partition coefficient (Wildman–Crippen LogP) is 3.98. The van der Waals surface area contributed by atoms with E-state index in [1.165, 1.54) is 18.5 Å². The molecule has 0 radical (unpaired) electrons. The summed E-state index contributed by atoms with van der Waals surface area (Å²) >= 11 is 0. The van der Waals surface area contributed by atoms with Gasteiger partial charge in [0.25, 0.3) is 5.91 Å². The predicted molar refractivity (Wildman–Crippen MR) is 95.8 cm³/mol. The van der Waals surface area contributed by atoms with Crippen molar-refractivity contribution in [2.45, 2.75) is 25.3 Å². The molecule has 1 aliphatic rings. The van der Waals surface area contributed by atoms with E-state index in [0.717, 1.165) is 30.4 Å². The Kier molecular flexibility index (Phi) is 4.48. The van der Waals surface area contributed by atoms with Gasteiger partial charge in [-0.3, -0.25) is 9.89 Å². The molecule has 6 heteroatoms. The zero-order chi connectivity index (χ0) is 17.9. The summed E-state index contributed by atoms with van der Waals surface area (Å²) in [5.41, 5.74) is 2.14. The summed E-state index contributed by atoms with van der Waals surface area (Å²) in [4.78, 5) is 19.4. The average molecular weight is 350 g/mol. The zero-order valence-corrected chi connectivity index (χ0v) is 14.2. The third-order valence-electron chi connectivity index (χ3n) is 4.82. The van der Waals surface area contributed by atoms with E-state index in [1.54, 1.807) is 12.1 Å². The van der Waals surface area contributed by atoms with Crippen LogP contribution < -0.4 is 0 Å². The second-order valence-corrected chi connectivity index (χ2v) is 6.44. The highest BCUT2D eigenvalue weighted by Crippen LogP contribution is 2.33. The van der Waals surface area contributed by atoms with Crippen molar-refractivity contribution in [1.82, 2.24) is 20.1 Å². The monoisotopic (exact) mass is 350 g/mol. The normalized spacial score (nSPS) is 17.3. The Morgan fingerprint density at radius 1 is 1.15 bits per heavy atom. The fraction of sp³-hybridized carbons (Fsp3) is 0.250. The second-order valence-electron chi connectivity index (χ2n) is 6.44. The van der Waals surface area contributed by atoms with Gasteiger partial charge < -0.3 is 4.90 Å². The van der Waals surface area contributed by atoms with Crippen LogP contribution in [0.5, 0.6) is 0 Å². The zero-order valence-electron chi connectivity index (χ0n) is 14.2. The first-order valence-corrected chi connectivity index (χ1v) is 8.75. The van der Waals surface area contributed by atoms with Crippen LogP contribution in [0.1, 0.15) is 41.2 Å². The van der Waals surface area contributed by atoms with Gasteiger partial charge in [0, 0.05) is 12.1 Å². The quantitative estimate of drug-likeness (QED) is 0.777. The van der Waals surface area contributed by atoms with Crippen LogP contribution in [0, 0.1) is 5.82 Å². The molecule has 2 aromatic carbocycles. The molecule has 1 saturated heterocycles. The minimum Gasteiger partial charge on any atom is -0.332 e. The number of carbonyl (C=O) groups is 1. The van der Waals surface area contributed by atoms with Crippen LogP contribution in [0.15, 0.2) is 54.9 Å². The molecular formula is C20H19FN4O. The number of aromatic nitrogens is 3. The summed E-state index contributed by atoms with van der Waals surface area (Å²) in [5, 5.41) is 6.70. The maximum absolute atomic E-state index is 13.7. The number of hydrogen-bond donors (Lipinski definition) is 1. The Hall–Kier alpha value is -3.02. The van der Waals surface area contributed by atoms with Gasteiger partial charge in [-0.05, 0) is 43.0 Å². The fourth-order valence-electron chi connectivity index (χ4n) is 3.60. The van der Waals surface area contributed by atoms with Crippen molar-refractivity contribution in [2.75, 3.05) is 6.54 Å². The van der Waals surface area contributed by atoms with Crippen LogP contribution in [0.2, 0.25) is 0 Å². The lowest BCUT2D eigenvalue weighted by atomic mass is 9.93. The summed E-state index contributed by atoms with van der Waals surface area (Å²) in [6.45, 7) is 0.657. The standard InChI is InChI=1S/C20H19FN4O/c21-15-7-5-6-14(12-15)18-10-3-4-11-25(18)20(26)17-9-2-1-8-16(17)19-22-13-23-24-19/h1-2,5-9,12-13,18H,3-4,10-11H2,(H,22,23,24)/t18-/m0/s1. The van der Waals surface area contributed by atoms with Gasteiger partial charge in [-0.1, -0.05) is 30.3 Å². The van der Waals surface area contributed by atoms with Gasteiger partial charge in [-0.25, -0.2) is 9.37 Å². The fourth-order valence-corrected chi connectivity index (χ4v) is 3.60. The van der Waals surface area contributed by atoms with Crippen molar-refractivity contribution in [3.63, 3.8) is 0 Å². The van der Waals surface area contributed by atoms with Crippen molar-refractivity contribution < 1.29 is 9.18 Å². The molecule has 0 unspecified atom stereocenters. The number of rotatable bonds is 3. The summed E-state index contributed by atoms with van der Waals surface area (Å²) < 4.78 is 13.7. The molecule has 0 bridgehead atoms. The number of halogens is 1. The maximum atomic E-state index is 13.7. The highest BCUT2D eigenvalue weighted by Gasteiger charge is 2.30. The molecule has 1 aliphatic heterocycles. The molecule has 0 saturated carbocycles. The topological polar surface area (TPSA) is 61.9 Å². The van der Waals surface area contributed by atoms with E-state index in [-0.39, 0.29) is 17.8 Å². The molecule has 4 rings (SSSR count). The molecule has 1 amide bonds. The largest absolute Gasteiger partial charge is 0.332 e. The summed E-state index contributed by atoms with van der Waals surface area (Å²) in [7, 11) is 0. The van der Waals surface area contributed by atoms with Gasteiger partial charge in [-0.15, -0.1) is 0 Å². The van der Waals surface area contributed by atoms with E-state index < -0.39 is 0 Å². The first kappa shape index (κ1) is 16.4. The van der Waals surface area contributed by atoms with Crippen LogP contribution in [-0.2, 0) is 0 Å². The number of benzene rings is 2. The third-order valence-corrected chi connectivity index (χ3v) is 4.82. The SMILES string of the molecule is O=C(c1ccccc1-c1ncn[nH]1)N1CCCC[C@H]1c1cccc(F)c1. The van der Waals surface area contributed by atoms with Gasteiger partial charge in [-0.2, -0.15) is 5.10 Å². The number of likely N-dealkylation sites (tertiary alicyclic amines) is 1. The van der Waals surface area contributed by atoms with E-state index in [2.05, 4.69) is 15.2 Å². The van der Waals surface area contributed by atoms with Gasteiger partial charge >= 0.3 is 0 Å². The Morgan fingerprint density at radius 2 is 2.04 bits per heavy atom. The molecule has 1 atom stereocenters. The second kappa shape index (κ2) is 7.07. The van der Waals surface area contributed by atoms with Gasteiger partial charge in [0.1, 0.15) is 12.1 Å². The first-order valence-electron chi connectivity index (χ1n) is 8.75. The third kappa shape index (κ3) is 3.10. The van der Waals surface area contributed by atoms with Crippen molar-refractivity contribution >= 4 is 5.91 Å². The molecule has 1 N–H and O–H groups in total. The van der Waals surface area contributed by atoms with E-state index in [9.17, 15) is 9.18 Å². The van der Waals surface area contributed by atoms with Crippen LogP contribution in [0.25, 0.3) is 11.4 Å². The number of carbonyl (C=O) groups excluding carboxylic acids is 1. The number of H-pyrrole nitrogens is 1. The highest BCUT2D eigenvalue weighted by atomic mass is 19.1. The average Bonchev–Trinajstić information content (AvgIpc) is 3.22. The van der Waals surface area contributed by atoms with Crippen molar-refractivity contribution in [3.8, 4) is 11.4 Å². The minimum absolute atomic E-state index is 0.0639. The lowest BCUT2D eigenvalue weighted by Crippen LogP contribution is -2.38. The lowest BCUT2D eigenvalue weighted by Gasteiger charge is -2.36. The smallest absolute Gasteiger partial charge is 0.255 e. The molecule has 3 aromatic rings. The Morgan fingerprint density at radius 3 is 2.85 bits per heavy atom. The number of piperidine rings is 1. The van der Waals surface area contributed by atoms with Crippen molar-refractivity contribution in [3.05, 3.63) is 71.8 Å². The number of nitrogens with one attached hydrogen (secondary N) is 1. The van der Waals surface area contributed by atoms with E-state index >= 15 is 0 Å². The number of aromatic amines is 1. The van der Waals surface area contributed by atoms with Crippen LogP contribution >= 0.6 is 0 Å². The van der Waals surface area contributed by atoms with E-state index in [4.69, 9.17) is 0 Å². The minimum atomic E-state index is -0.275. The van der Waals surface area contributed by atoms with Crippen molar-refractivity contribution in [2.24, 2.45) is 0 Å². The summed E-state index contributed by atoms with van der Waals surface area (Å²) in [5.74, 6) is 0.224. The molecule has 1 aromatic heterocycles. The Balaban J connectivity index is 1.71. The van der Waals surface area contributed by atoms with Gasteiger partial charge in [0.05, 0.1) is 11.6 Å². The van der Waals surface area contributed by atoms with E-state index in [0.29, 0.717) is 17.9 Å². The Labute approximate surface area is 150 Å². The van der Waals surface area contributed by atoms with Crippen molar-refractivity contribution in [1.29, 1.82) is 0 Å². The lowest BCUT2D eigenvalue weighted by molar-refractivity contribution is 0.0612. The molecule has 132 valence electrons. The maximum Gasteiger partial charge on any atom is 0.255 e. The molecule has 1 fully saturated rings. The number of nitrogens with zero attached hydrogens (tertiary/aromatic N) is 3. The number of hydrogen-bond acceptors (Lipinski definition) is 3. The molecule has 0 spiro atoms.